The number of halogens is 1. The fourth-order valence-electron chi connectivity index (χ4n) is 3.10. The van der Waals surface area contributed by atoms with Crippen LogP contribution < -0.4 is 11.1 Å². The molecule has 0 atom stereocenters. The smallest absolute Gasteiger partial charge is 0.188 e. The molecule has 0 radical (unpaired) electrons. The van der Waals surface area contributed by atoms with Crippen molar-refractivity contribution >= 4 is 29.9 Å². The minimum Gasteiger partial charge on any atom is -0.370 e. The van der Waals surface area contributed by atoms with E-state index in [-0.39, 0.29) is 24.0 Å². The fraction of sp³-hybridized carbons (Fsp3) is 0.650. The van der Waals surface area contributed by atoms with E-state index in [0.29, 0.717) is 11.9 Å². The number of nitrogens with zero attached hydrogens (tertiary/aromatic N) is 2. The van der Waals surface area contributed by atoms with Gasteiger partial charge in [0.2, 0.25) is 0 Å². The predicted molar refractivity (Wildman–Crippen MR) is 119 cm³/mol. The highest BCUT2D eigenvalue weighted by Gasteiger charge is 2.18. The topological polar surface area (TPSA) is 53.6 Å². The van der Waals surface area contributed by atoms with Gasteiger partial charge in [-0.1, -0.05) is 44.2 Å². The van der Waals surface area contributed by atoms with Crippen molar-refractivity contribution in [3.05, 3.63) is 35.9 Å². The SMILES string of the molecule is CC(C)CCN1CCC(CN=C(N)NCCc2ccccc2)CC1.I. The molecule has 0 bridgehead atoms. The van der Waals surface area contributed by atoms with Crippen LogP contribution in [0.5, 0.6) is 0 Å². The minimum atomic E-state index is 0. The van der Waals surface area contributed by atoms with E-state index >= 15 is 0 Å². The van der Waals surface area contributed by atoms with Gasteiger partial charge in [-0.15, -0.1) is 24.0 Å². The van der Waals surface area contributed by atoms with E-state index in [1.807, 2.05) is 6.07 Å². The van der Waals surface area contributed by atoms with E-state index in [2.05, 4.69) is 53.3 Å². The Balaban J connectivity index is 0.00000312. The summed E-state index contributed by atoms with van der Waals surface area (Å²) >= 11 is 0. The number of hydrogen-bond acceptors (Lipinski definition) is 2. The minimum absolute atomic E-state index is 0. The summed E-state index contributed by atoms with van der Waals surface area (Å²) in [5, 5.41) is 3.23. The van der Waals surface area contributed by atoms with Crippen LogP contribution in [0.3, 0.4) is 0 Å². The lowest BCUT2D eigenvalue weighted by Gasteiger charge is -2.31. The van der Waals surface area contributed by atoms with Gasteiger partial charge in [0.05, 0.1) is 0 Å². The van der Waals surface area contributed by atoms with Gasteiger partial charge >= 0.3 is 0 Å². The summed E-state index contributed by atoms with van der Waals surface area (Å²) in [5.74, 6) is 2.08. The molecule has 1 aliphatic heterocycles. The average molecular weight is 458 g/mol. The molecule has 2 rings (SSSR count). The van der Waals surface area contributed by atoms with Crippen LogP contribution in [0, 0.1) is 11.8 Å². The number of nitrogens with two attached hydrogens (primary N) is 1. The average Bonchev–Trinajstić information content (AvgIpc) is 2.60. The van der Waals surface area contributed by atoms with Crippen LogP contribution >= 0.6 is 24.0 Å². The summed E-state index contributed by atoms with van der Waals surface area (Å²) in [6, 6.07) is 10.5. The van der Waals surface area contributed by atoms with Crippen molar-refractivity contribution in [3.8, 4) is 0 Å². The molecule has 3 N–H and O–H groups in total. The van der Waals surface area contributed by atoms with Gasteiger partial charge in [-0.2, -0.15) is 0 Å². The first-order valence-corrected chi connectivity index (χ1v) is 9.43. The number of rotatable bonds is 8. The molecule has 0 saturated carbocycles. The largest absolute Gasteiger partial charge is 0.370 e. The lowest BCUT2D eigenvalue weighted by atomic mass is 9.96. The quantitative estimate of drug-likeness (QED) is 0.356. The Hall–Kier alpha value is -0.820. The van der Waals surface area contributed by atoms with E-state index in [9.17, 15) is 0 Å². The third-order valence-electron chi connectivity index (χ3n) is 4.81. The zero-order valence-electron chi connectivity index (χ0n) is 15.8. The second-order valence-corrected chi connectivity index (χ2v) is 7.36. The maximum atomic E-state index is 5.99. The molecule has 25 heavy (non-hydrogen) atoms. The van der Waals surface area contributed by atoms with Crippen molar-refractivity contribution in [1.29, 1.82) is 0 Å². The molecule has 0 amide bonds. The molecule has 0 aromatic heterocycles. The Bertz CT molecular complexity index is 482. The second-order valence-electron chi connectivity index (χ2n) is 7.36. The van der Waals surface area contributed by atoms with E-state index in [4.69, 9.17) is 5.73 Å². The van der Waals surface area contributed by atoms with Crippen LogP contribution in [0.4, 0.5) is 0 Å². The maximum Gasteiger partial charge on any atom is 0.188 e. The molecule has 1 heterocycles. The Morgan fingerprint density at radius 3 is 2.56 bits per heavy atom. The number of benzene rings is 1. The molecule has 0 spiro atoms. The van der Waals surface area contributed by atoms with Crippen molar-refractivity contribution in [2.75, 3.05) is 32.7 Å². The number of hydrogen-bond donors (Lipinski definition) is 2. The molecule has 0 unspecified atom stereocenters. The fourth-order valence-corrected chi connectivity index (χ4v) is 3.10. The summed E-state index contributed by atoms with van der Waals surface area (Å²) in [4.78, 5) is 7.14. The summed E-state index contributed by atoms with van der Waals surface area (Å²) in [6.07, 6.45) is 4.78. The monoisotopic (exact) mass is 458 g/mol. The Kier molecular flexibility index (Phi) is 11.1. The molecule has 1 aliphatic rings. The van der Waals surface area contributed by atoms with E-state index in [0.717, 1.165) is 25.4 Å². The van der Waals surface area contributed by atoms with Crippen LogP contribution in [0.2, 0.25) is 0 Å². The Morgan fingerprint density at radius 2 is 1.92 bits per heavy atom. The summed E-state index contributed by atoms with van der Waals surface area (Å²) < 4.78 is 0. The number of aliphatic imine (C=N–C) groups is 1. The van der Waals surface area contributed by atoms with Crippen molar-refractivity contribution in [1.82, 2.24) is 10.2 Å². The van der Waals surface area contributed by atoms with Gasteiger partial charge in [-0.3, -0.25) is 4.99 Å². The van der Waals surface area contributed by atoms with Crippen molar-refractivity contribution in [2.24, 2.45) is 22.6 Å². The molecule has 142 valence electrons. The standard InChI is InChI=1S/C20H34N4.HI/c1-17(2)9-13-24-14-10-19(11-15-24)16-23-20(21)22-12-8-18-6-4-3-5-7-18;/h3-7,17,19H,8-16H2,1-2H3,(H3,21,22,23);1H. The number of piperidine rings is 1. The highest BCUT2D eigenvalue weighted by atomic mass is 127. The molecule has 1 aromatic rings. The Morgan fingerprint density at radius 1 is 1.24 bits per heavy atom. The number of likely N-dealkylation sites (tertiary alicyclic amines) is 1. The van der Waals surface area contributed by atoms with Crippen LogP contribution in [-0.2, 0) is 6.42 Å². The van der Waals surface area contributed by atoms with Crippen LogP contribution in [-0.4, -0.2) is 43.6 Å². The zero-order valence-corrected chi connectivity index (χ0v) is 18.1. The van der Waals surface area contributed by atoms with E-state index < -0.39 is 0 Å². The van der Waals surface area contributed by atoms with Crippen LogP contribution in [0.25, 0.3) is 0 Å². The summed E-state index contributed by atoms with van der Waals surface area (Å²) in [7, 11) is 0. The Labute approximate surface area is 170 Å². The van der Waals surface area contributed by atoms with E-state index in [1.165, 1.54) is 44.5 Å². The zero-order chi connectivity index (χ0) is 17.2. The van der Waals surface area contributed by atoms with Gasteiger partial charge < -0.3 is 16.0 Å². The highest BCUT2D eigenvalue weighted by molar-refractivity contribution is 14.0. The van der Waals surface area contributed by atoms with Gasteiger partial charge in [0.1, 0.15) is 0 Å². The first kappa shape index (κ1) is 22.2. The summed E-state index contributed by atoms with van der Waals surface area (Å²) in [6.45, 7) is 9.98. The highest BCUT2D eigenvalue weighted by Crippen LogP contribution is 2.18. The van der Waals surface area contributed by atoms with Crippen molar-refractivity contribution in [3.63, 3.8) is 0 Å². The third-order valence-corrected chi connectivity index (χ3v) is 4.81. The lowest BCUT2D eigenvalue weighted by Crippen LogP contribution is -2.37. The van der Waals surface area contributed by atoms with Gasteiger partial charge in [0.25, 0.3) is 0 Å². The molecular weight excluding hydrogens is 423 g/mol. The van der Waals surface area contributed by atoms with Gasteiger partial charge in [0, 0.05) is 13.1 Å². The third kappa shape index (κ3) is 9.45. The molecule has 4 nitrogen and oxygen atoms in total. The molecule has 1 saturated heterocycles. The van der Waals surface area contributed by atoms with Crippen LogP contribution in [0.1, 0.15) is 38.7 Å². The number of guanidine groups is 1. The van der Waals surface area contributed by atoms with Crippen molar-refractivity contribution in [2.45, 2.75) is 39.5 Å². The van der Waals surface area contributed by atoms with Gasteiger partial charge in [-0.25, -0.2) is 0 Å². The first-order chi connectivity index (χ1) is 11.6. The molecule has 0 aliphatic carbocycles. The van der Waals surface area contributed by atoms with Gasteiger partial charge in [0.15, 0.2) is 5.96 Å². The molecular formula is C20H35IN4. The molecule has 1 fully saturated rings. The number of nitrogens with one attached hydrogen (secondary N) is 1. The van der Waals surface area contributed by atoms with E-state index in [1.54, 1.807) is 0 Å². The van der Waals surface area contributed by atoms with Crippen LogP contribution in [0.15, 0.2) is 35.3 Å². The normalized spacial score (nSPS) is 16.7. The predicted octanol–water partition coefficient (Wildman–Crippen LogP) is 3.51. The van der Waals surface area contributed by atoms with Crippen molar-refractivity contribution < 1.29 is 0 Å². The molecule has 1 aromatic carbocycles. The molecule has 5 heteroatoms. The summed E-state index contributed by atoms with van der Waals surface area (Å²) in [5.41, 5.74) is 7.32. The maximum absolute atomic E-state index is 5.99. The van der Waals surface area contributed by atoms with Gasteiger partial charge in [-0.05, 0) is 62.7 Å². The lowest BCUT2D eigenvalue weighted by molar-refractivity contribution is 0.180. The second kappa shape index (κ2) is 12.5. The first-order valence-electron chi connectivity index (χ1n) is 9.43.